The van der Waals surface area contributed by atoms with Crippen molar-refractivity contribution in [1.82, 2.24) is 5.01 Å². The fraction of sp³-hybridized carbons (Fsp3) is 0.167. The summed E-state index contributed by atoms with van der Waals surface area (Å²) in [6, 6.07) is 29.4. The molecule has 2 heterocycles. The summed E-state index contributed by atoms with van der Waals surface area (Å²) >= 11 is 12.1. The summed E-state index contributed by atoms with van der Waals surface area (Å²) in [6.45, 7) is 0.462. The van der Waals surface area contributed by atoms with E-state index in [0.29, 0.717) is 22.4 Å². The van der Waals surface area contributed by atoms with Crippen molar-refractivity contribution in [3.05, 3.63) is 123 Å². The molecule has 0 radical (unpaired) electrons. The van der Waals surface area contributed by atoms with Crippen molar-refractivity contribution < 1.29 is 14.2 Å². The van der Waals surface area contributed by atoms with Crippen LogP contribution in [0.25, 0.3) is 0 Å². The number of nitrogens with zero attached hydrogens (tertiary/aromatic N) is 2. The Hall–Kier alpha value is -3.67. The van der Waals surface area contributed by atoms with E-state index in [1.807, 2.05) is 84.9 Å². The molecule has 0 spiro atoms. The molecule has 0 fully saturated rings. The zero-order valence-corrected chi connectivity index (χ0v) is 21.6. The summed E-state index contributed by atoms with van der Waals surface area (Å²) in [7, 11) is 1.66. The first-order valence-electron chi connectivity index (χ1n) is 12.0. The standard InChI is InChI=1S/C30H24Cl2N2O3/c1-35-28-4-2-3-25-27-17-26(20-7-13-23(32)14-8-20)33-34(27)30(37-29(25)28)21-9-15-24(16-10-21)36-18-19-5-11-22(31)12-6-19/h2-16,27,30H,17-18H2,1H3. The number of hydrazone groups is 1. The highest BCUT2D eigenvalue weighted by Crippen LogP contribution is 2.50. The van der Waals surface area contributed by atoms with E-state index >= 15 is 0 Å². The van der Waals surface area contributed by atoms with Crippen LogP contribution in [0.3, 0.4) is 0 Å². The van der Waals surface area contributed by atoms with Gasteiger partial charge in [0.25, 0.3) is 0 Å². The molecular formula is C30H24Cl2N2O3. The summed E-state index contributed by atoms with van der Waals surface area (Å²) < 4.78 is 18.2. The molecular weight excluding hydrogens is 507 g/mol. The first kappa shape index (κ1) is 23.7. The second-order valence-corrected chi connectivity index (χ2v) is 9.86. The third-order valence-electron chi connectivity index (χ3n) is 6.66. The van der Waals surface area contributed by atoms with Crippen LogP contribution in [0.1, 0.15) is 40.9 Å². The highest BCUT2D eigenvalue weighted by Gasteiger charge is 2.42. The van der Waals surface area contributed by atoms with E-state index in [9.17, 15) is 0 Å². The van der Waals surface area contributed by atoms with Gasteiger partial charge < -0.3 is 14.2 Å². The van der Waals surface area contributed by atoms with Crippen LogP contribution >= 0.6 is 23.2 Å². The van der Waals surface area contributed by atoms with Crippen LogP contribution in [-0.2, 0) is 6.61 Å². The maximum absolute atomic E-state index is 6.56. The Kier molecular flexibility index (Phi) is 6.41. The molecule has 37 heavy (non-hydrogen) atoms. The Morgan fingerprint density at radius 2 is 1.59 bits per heavy atom. The van der Waals surface area contributed by atoms with Gasteiger partial charge in [0.1, 0.15) is 12.4 Å². The van der Waals surface area contributed by atoms with Crippen molar-refractivity contribution in [1.29, 1.82) is 0 Å². The van der Waals surface area contributed by atoms with Crippen LogP contribution in [0.15, 0.2) is 96.1 Å². The van der Waals surface area contributed by atoms with Gasteiger partial charge >= 0.3 is 0 Å². The average molecular weight is 531 g/mol. The van der Waals surface area contributed by atoms with E-state index < -0.39 is 6.23 Å². The number of hydrogen-bond donors (Lipinski definition) is 0. The maximum atomic E-state index is 6.56. The summed E-state index contributed by atoms with van der Waals surface area (Å²) in [5, 5.41) is 8.49. The van der Waals surface area contributed by atoms with Crippen LogP contribution in [0.4, 0.5) is 0 Å². The Balaban J connectivity index is 1.29. The van der Waals surface area contributed by atoms with E-state index in [0.717, 1.165) is 45.9 Å². The zero-order valence-electron chi connectivity index (χ0n) is 20.1. The van der Waals surface area contributed by atoms with Gasteiger partial charge in [0, 0.05) is 27.6 Å². The van der Waals surface area contributed by atoms with E-state index in [2.05, 4.69) is 11.1 Å². The highest BCUT2D eigenvalue weighted by atomic mass is 35.5. The van der Waals surface area contributed by atoms with Crippen LogP contribution in [-0.4, -0.2) is 17.8 Å². The van der Waals surface area contributed by atoms with Gasteiger partial charge in [-0.3, -0.25) is 0 Å². The maximum Gasteiger partial charge on any atom is 0.214 e. The number of rotatable bonds is 6. The molecule has 2 unspecified atom stereocenters. The van der Waals surface area contributed by atoms with Gasteiger partial charge in [0.15, 0.2) is 11.5 Å². The average Bonchev–Trinajstić information content (AvgIpc) is 3.38. The predicted octanol–water partition coefficient (Wildman–Crippen LogP) is 7.82. The molecule has 0 aliphatic carbocycles. The molecule has 5 nitrogen and oxygen atoms in total. The third-order valence-corrected chi connectivity index (χ3v) is 7.17. The van der Waals surface area contributed by atoms with Crippen molar-refractivity contribution in [2.75, 3.05) is 7.11 Å². The lowest BCUT2D eigenvalue weighted by Crippen LogP contribution is -2.33. The lowest BCUT2D eigenvalue weighted by atomic mass is 9.95. The first-order chi connectivity index (χ1) is 18.1. The first-order valence-corrected chi connectivity index (χ1v) is 12.8. The smallest absolute Gasteiger partial charge is 0.214 e. The van der Waals surface area contributed by atoms with Gasteiger partial charge in [-0.25, -0.2) is 5.01 Å². The van der Waals surface area contributed by atoms with Crippen molar-refractivity contribution in [3.8, 4) is 17.2 Å². The number of para-hydroxylation sites is 1. The normalized spacial score (nSPS) is 17.9. The molecule has 4 aromatic carbocycles. The van der Waals surface area contributed by atoms with Crippen LogP contribution in [0.5, 0.6) is 17.2 Å². The van der Waals surface area contributed by atoms with Crippen molar-refractivity contribution in [3.63, 3.8) is 0 Å². The quantitative estimate of drug-likeness (QED) is 0.254. The number of benzene rings is 4. The molecule has 2 aliphatic heterocycles. The molecule has 0 N–H and O–H groups in total. The summed E-state index contributed by atoms with van der Waals surface area (Å²) in [4.78, 5) is 0. The Labute approximate surface area is 225 Å². The number of ether oxygens (including phenoxy) is 3. The predicted molar refractivity (Wildman–Crippen MR) is 146 cm³/mol. The van der Waals surface area contributed by atoms with E-state index in [1.54, 1.807) is 7.11 Å². The molecule has 2 aliphatic rings. The van der Waals surface area contributed by atoms with Crippen molar-refractivity contribution in [2.24, 2.45) is 5.10 Å². The van der Waals surface area contributed by atoms with Crippen LogP contribution in [0.2, 0.25) is 10.0 Å². The Morgan fingerprint density at radius 3 is 2.30 bits per heavy atom. The minimum atomic E-state index is -0.413. The molecule has 2 atom stereocenters. The highest BCUT2D eigenvalue weighted by molar-refractivity contribution is 6.30. The number of halogens is 2. The van der Waals surface area contributed by atoms with Gasteiger partial charge in [-0.2, -0.15) is 5.10 Å². The van der Waals surface area contributed by atoms with Gasteiger partial charge in [-0.05, 0) is 65.7 Å². The third kappa shape index (κ3) is 4.73. The van der Waals surface area contributed by atoms with Gasteiger partial charge in [0.2, 0.25) is 6.23 Å². The summed E-state index contributed by atoms with van der Waals surface area (Å²) in [6.07, 6.45) is 0.341. The lowest BCUT2D eigenvalue weighted by molar-refractivity contribution is -0.0209. The number of hydrogen-bond acceptors (Lipinski definition) is 5. The molecule has 7 heteroatoms. The van der Waals surface area contributed by atoms with Gasteiger partial charge in [0.05, 0.1) is 18.9 Å². The number of fused-ring (bicyclic) bond motifs is 3. The zero-order chi connectivity index (χ0) is 25.4. The molecule has 0 bridgehead atoms. The molecule has 6 rings (SSSR count). The lowest BCUT2D eigenvalue weighted by Gasteiger charge is -2.38. The van der Waals surface area contributed by atoms with Crippen molar-refractivity contribution >= 4 is 28.9 Å². The molecule has 0 saturated heterocycles. The fourth-order valence-electron chi connectivity index (χ4n) is 4.76. The van der Waals surface area contributed by atoms with Gasteiger partial charge in [-0.1, -0.05) is 59.6 Å². The molecule has 186 valence electrons. The topological polar surface area (TPSA) is 43.3 Å². The Morgan fingerprint density at radius 1 is 0.892 bits per heavy atom. The minimum Gasteiger partial charge on any atom is -0.493 e. The van der Waals surface area contributed by atoms with E-state index in [-0.39, 0.29) is 6.04 Å². The van der Waals surface area contributed by atoms with Crippen molar-refractivity contribution in [2.45, 2.75) is 25.3 Å². The fourth-order valence-corrected chi connectivity index (χ4v) is 5.01. The summed E-state index contributed by atoms with van der Waals surface area (Å²) in [5.74, 6) is 2.24. The van der Waals surface area contributed by atoms with E-state index in [4.69, 9.17) is 42.5 Å². The van der Waals surface area contributed by atoms with Gasteiger partial charge in [-0.15, -0.1) is 0 Å². The second-order valence-electron chi connectivity index (χ2n) is 8.99. The molecule has 0 saturated carbocycles. The monoisotopic (exact) mass is 530 g/mol. The van der Waals surface area contributed by atoms with Crippen LogP contribution < -0.4 is 14.2 Å². The molecule has 4 aromatic rings. The number of methoxy groups -OCH3 is 1. The Bertz CT molecular complexity index is 1440. The SMILES string of the molecule is COc1cccc2c1OC(c1ccc(OCc3ccc(Cl)cc3)cc1)N1N=C(c3ccc(Cl)cc3)CC21. The summed E-state index contributed by atoms with van der Waals surface area (Å²) in [5.41, 5.74) is 5.13. The second kappa shape index (κ2) is 10.0. The van der Waals surface area contributed by atoms with Crippen LogP contribution in [0, 0.1) is 0 Å². The largest absolute Gasteiger partial charge is 0.493 e. The minimum absolute atomic E-state index is 0.0235. The molecule has 0 amide bonds. The van der Waals surface area contributed by atoms with E-state index in [1.165, 1.54) is 0 Å². The molecule has 0 aromatic heterocycles.